The van der Waals surface area contributed by atoms with Crippen molar-refractivity contribution in [3.63, 3.8) is 0 Å². The molecule has 0 aliphatic carbocycles. The largest absolute Gasteiger partial charge is 0.329 e. The molecule has 1 aliphatic rings. The minimum absolute atomic E-state index is 0.332. The topological polar surface area (TPSA) is 29.3 Å². The van der Waals surface area contributed by atoms with E-state index in [1.807, 2.05) is 0 Å². The number of likely N-dealkylation sites (tertiary alicyclic amines) is 1. The molecule has 1 heterocycles. The molecule has 2 aromatic rings. The highest BCUT2D eigenvalue weighted by Crippen LogP contribution is 2.36. The number of hydrogen-bond donors (Lipinski definition) is 1. The molecular formula is C19H26N2. The molecule has 2 heteroatoms. The lowest BCUT2D eigenvalue weighted by atomic mass is 9.96. The van der Waals surface area contributed by atoms with Gasteiger partial charge in [0, 0.05) is 24.7 Å². The van der Waals surface area contributed by atoms with Crippen LogP contribution >= 0.6 is 0 Å². The lowest BCUT2D eigenvalue weighted by molar-refractivity contribution is 0.138. The summed E-state index contributed by atoms with van der Waals surface area (Å²) in [6.07, 6.45) is 3.81. The SMILES string of the molecule is CCC1CCC(C)N1C(CN)c1cccc2ccccc12. The van der Waals surface area contributed by atoms with Gasteiger partial charge in [-0.15, -0.1) is 0 Å². The average molecular weight is 282 g/mol. The summed E-state index contributed by atoms with van der Waals surface area (Å²) in [7, 11) is 0. The van der Waals surface area contributed by atoms with Gasteiger partial charge in [-0.05, 0) is 42.5 Å². The Balaban J connectivity index is 2.06. The predicted octanol–water partition coefficient (Wildman–Crippen LogP) is 4.10. The summed E-state index contributed by atoms with van der Waals surface area (Å²) in [5.74, 6) is 0. The third kappa shape index (κ3) is 2.58. The maximum atomic E-state index is 6.21. The summed E-state index contributed by atoms with van der Waals surface area (Å²) < 4.78 is 0. The van der Waals surface area contributed by atoms with Crippen molar-refractivity contribution in [1.29, 1.82) is 0 Å². The van der Waals surface area contributed by atoms with Gasteiger partial charge in [0.15, 0.2) is 0 Å². The molecule has 0 spiro atoms. The van der Waals surface area contributed by atoms with Gasteiger partial charge in [0.1, 0.15) is 0 Å². The zero-order valence-electron chi connectivity index (χ0n) is 13.1. The number of benzene rings is 2. The van der Waals surface area contributed by atoms with Crippen LogP contribution in [0.25, 0.3) is 10.8 Å². The molecule has 3 unspecified atom stereocenters. The highest BCUT2D eigenvalue weighted by molar-refractivity contribution is 5.86. The first-order valence-electron chi connectivity index (χ1n) is 8.21. The van der Waals surface area contributed by atoms with E-state index < -0.39 is 0 Å². The summed E-state index contributed by atoms with van der Waals surface area (Å²) in [6.45, 7) is 5.34. The van der Waals surface area contributed by atoms with Crippen molar-refractivity contribution in [1.82, 2.24) is 4.90 Å². The fourth-order valence-electron chi connectivity index (χ4n) is 4.02. The Morgan fingerprint density at radius 2 is 1.90 bits per heavy atom. The lowest BCUT2D eigenvalue weighted by Gasteiger charge is -2.36. The Morgan fingerprint density at radius 1 is 1.14 bits per heavy atom. The summed E-state index contributed by atoms with van der Waals surface area (Å²) in [4.78, 5) is 2.67. The molecule has 3 atom stereocenters. The van der Waals surface area contributed by atoms with Crippen molar-refractivity contribution >= 4 is 10.8 Å². The van der Waals surface area contributed by atoms with Gasteiger partial charge >= 0.3 is 0 Å². The molecule has 0 bridgehead atoms. The second-order valence-corrected chi connectivity index (χ2v) is 6.26. The summed E-state index contributed by atoms with van der Waals surface area (Å²) >= 11 is 0. The van der Waals surface area contributed by atoms with Crippen LogP contribution in [0.1, 0.15) is 44.7 Å². The zero-order valence-corrected chi connectivity index (χ0v) is 13.1. The van der Waals surface area contributed by atoms with E-state index in [4.69, 9.17) is 5.73 Å². The number of nitrogens with zero attached hydrogens (tertiary/aromatic N) is 1. The number of nitrogens with two attached hydrogens (primary N) is 1. The van der Waals surface area contributed by atoms with Crippen molar-refractivity contribution in [3.8, 4) is 0 Å². The van der Waals surface area contributed by atoms with Gasteiger partial charge in [0.2, 0.25) is 0 Å². The Hall–Kier alpha value is -1.38. The number of hydrogen-bond acceptors (Lipinski definition) is 2. The molecule has 2 nitrogen and oxygen atoms in total. The van der Waals surface area contributed by atoms with E-state index in [0.29, 0.717) is 24.7 Å². The van der Waals surface area contributed by atoms with E-state index in [1.165, 1.54) is 35.6 Å². The van der Waals surface area contributed by atoms with Crippen molar-refractivity contribution < 1.29 is 0 Å². The smallest absolute Gasteiger partial charge is 0.0482 e. The van der Waals surface area contributed by atoms with Gasteiger partial charge < -0.3 is 5.73 Å². The van der Waals surface area contributed by atoms with E-state index in [0.717, 1.165) is 0 Å². The maximum absolute atomic E-state index is 6.21. The Kier molecular flexibility index (Phi) is 4.27. The maximum Gasteiger partial charge on any atom is 0.0482 e. The zero-order chi connectivity index (χ0) is 14.8. The molecule has 0 amide bonds. The predicted molar refractivity (Wildman–Crippen MR) is 90.4 cm³/mol. The standard InChI is InChI=1S/C19H26N2/c1-3-16-12-11-14(2)21(16)19(13-20)18-10-6-8-15-7-4-5-9-17(15)18/h4-10,14,16,19H,3,11-13,20H2,1-2H3. The molecule has 1 saturated heterocycles. The van der Waals surface area contributed by atoms with Crippen LogP contribution in [0, 0.1) is 0 Å². The third-order valence-electron chi connectivity index (χ3n) is 5.09. The minimum Gasteiger partial charge on any atom is -0.329 e. The lowest BCUT2D eigenvalue weighted by Crippen LogP contribution is -2.41. The van der Waals surface area contributed by atoms with Crippen LogP contribution in [0.3, 0.4) is 0 Å². The molecule has 2 aromatic carbocycles. The van der Waals surface area contributed by atoms with Crippen LogP contribution in [0.15, 0.2) is 42.5 Å². The Bertz CT molecular complexity index is 602. The van der Waals surface area contributed by atoms with Crippen LogP contribution in [0.2, 0.25) is 0 Å². The first-order valence-corrected chi connectivity index (χ1v) is 8.21. The van der Waals surface area contributed by atoms with Gasteiger partial charge in [-0.25, -0.2) is 0 Å². The van der Waals surface area contributed by atoms with Crippen LogP contribution < -0.4 is 5.73 Å². The van der Waals surface area contributed by atoms with Gasteiger partial charge in [-0.1, -0.05) is 49.4 Å². The van der Waals surface area contributed by atoms with E-state index in [2.05, 4.69) is 61.2 Å². The molecule has 0 aromatic heterocycles. The van der Waals surface area contributed by atoms with E-state index >= 15 is 0 Å². The van der Waals surface area contributed by atoms with Gasteiger partial charge in [-0.3, -0.25) is 4.90 Å². The van der Waals surface area contributed by atoms with E-state index in [-0.39, 0.29) is 0 Å². The molecule has 112 valence electrons. The minimum atomic E-state index is 0.332. The van der Waals surface area contributed by atoms with Crippen LogP contribution in [0.5, 0.6) is 0 Å². The molecule has 21 heavy (non-hydrogen) atoms. The van der Waals surface area contributed by atoms with Gasteiger partial charge in [0.25, 0.3) is 0 Å². The first-order chi connectivity index (χ1) is 10.3. The second-order valence-electron chi connectivity index (χ2n) is 6.26. The fraction of sp³-hybridized carbons (Fsp3) is 0.474. The van der Waals surface area contributed by atoms with Crippen LogP contribution in [0.4, 0.5) is 0 Å². The average Bonchev–Trinajstić information content (AvgIpc) is 2.90. The van der Waals surface area contributed by atoms with E-state index in [1.54, 1.807) is 0 Å². The molecule has 2 N–H and O–H groups in total. The van der Waals surface area contributed by atoms with Crippen molar-refractivity contribution in [2.75, 3.05) is 6.54 Å². The molecule has 1 fully saturated rings. The molecule has 3 rings (SSSR count). The summed E-state index contributed by atoms with van der Waals surface area (Å²) in [5.41, 5.74) is 7.60. The third-order valence-corrected chi connectivity index (χ3v) is 5.09. The fourth-order valence-corrected chi connectivity index (χ4v) is 4.02. The normalized spacial score (nSPS) is 24.5. The van der Waals surface area contributed by atoms with Crippen molar-refractivity contribution in [2.45, 2.75) is 51.2 Å². The highest BCUT2D eigenvalue weighted by atomic mass is 15.2. The molecule has 1 aliphatic heterocycles. The van der Waals surface area contributed by atoms with Crippen LogP contribution in [-0.4, -0.2) is 23.5 Å². The molecular weight excluding hydrogens is 256 g/mol. The first kappa shape index (κ1) is 14.6. The molecule has 0 saturated carbocycles. The second kappa shape index (κ2) is 6.17. The summed E-state index contributed by atoms with van der Waals surface area (Å²) in [6, 6.07) is 16.9. The number of rotatable bonds is 4. The summed E-state index contributed by atoms with van der Waals surface area (Å²) in [5, 5.41) is 2.66. The Labute approximate surface area is 127 Å². The Morgan fingerprint density at radius 3 is 2.67 bits per heavy atom. The van der Waals surface area contributed by atoms with Crippen molar-refractivity contribution in [3.05, 3.63) is 48.0 Å². The van der Waals surface area contributed by atoms with Crippen molar-refractivity contribution in [2.24, 2.45) is 5.73 Å². The van der Waals surface area contributed by atoms with Crippen LogP contribution in [-0.2, 0) is 0 Å². The molecule has 0 radical (unpaired) electrons. The van der Waals surface area contributed by atoms with E-state index in [9.17, 15) is 0 Å². The monoisotopic (exact) mass is 282 g/mol. The number of fused-ring (bicyclic) bond motifs is 1. The quantitative estimate of drug-likeness (QED) is 0.914. The van der Waals surface area contributed by atoms with Gasteiger partial charge in [-0.2, -0.15) is 0 Å². The van der Waals surface area contributed by atoms with Gasteiger partial charge in [0.05, 0.1) is 0 Å². The highest BCUT2D eigenvalue weighted by Gasteiger charge is 2.35.